The summed E-state index contributed by atoms with van der Waals surface area (Å²) in [6, 6.07) is 3.92. The van der Waals surface area contributed by atoms with E-state index in [1.54, 1.807) is 7.11 Å². The van der Waals surface area contributed by atoms with Gasteiger partial charge in [-0.25, -0.2) is 0 Å². The van der Waals surface area contributed by atoms with Gasteiger partial charge >= 0.3 is 0 Å². The number of nitro groups is 1. The first-order chi connectivity index (χ1) is 9.80. The first-order valence-corrected chi connectivity index (χ1v) is 6.25. The number of nitro benzene ring substituents is 1. The van der Waals surface area contributed by atoms with Crippen LogP contribution in [0, 0.1) is 10.1 Å². The number of amidine groups is 1. The number of hydrogen-bond donors (Lipinski definition) is 2. The van der Waals surface area contributed by atoms with Crippen LogP contribution in [0.1, 0.15) is 25.8 Å². The lowest BCUT2D eigenvalue weighted by atomic mass is 10.1. The van der Waals surface area contributed by atoms with Gasteiger partial charge in [-0.1, -0.05) is 5.16 Å². The number of benzene rings is 1. The SMILES string of the molecule is COC(C)(C)CCOc1ccc([N+](=O)[O-])cc1/C(N)=N/O. The Kier molecular flexibility index (Phi) is 5.48. The summed E-state index contributed by atoms with van der Waals surface area (Å²) in [4.78, 5) is 10.2. The van der Waals surface area contributed by atoms with Gasteiger partial charge in [0.25, 0.3) is 5.69 Å². The molecule has 0 fully saturated rings. The van der Waals surface area contributed by atoms with E-state index in [9.17, 15) is 10.1 Å². The summed E-state index contributed by atoms with van der Waals surface area (Å²) in [5, 5.41) is 22.4. The number of nitrogens with zero attached hydrogens (tertiary/aromatic N) is 2. The Hall–Kier alpha value is -2.35. The fourth-order valence-electron chi connectivity index (χ4n) is 1.52. The molecule has 0 saturated heterocycles. The Morgan fingerprint density at radius 2 is 2.19 bits per heavy atom. The van der Waals surface area contributed by atoms with Gasteiger partial charge in [0, 0.05) is 25.7 Å². The lowest BCUT2D eigenvalue weighted by Gasteiger charge is -2.23. The minimum absolute atomic E-state index is 0.166. The minimum atomic E-state index is -0.564. The van der Waals surface area contributed by atoms with Crippen LogP contribution in [0.25, 0.3) is 0 Å². The van der Waals surface area contributed by atoms with E-state index in [1.165, 1.54) is 18.2 Å². The summed E-state index contributed by atoms with van der Waals surface area (Å²) in [5.41, 5.74) is 5.17. The maximum Gasteiger partial charge on any atom is 0.270 e. The molecule has 0 bridgehead atoms. The number of methoxy groups -OCH3 is 1. The molecule has 0 radical (unpaired) electrons. The van der Waals surface area contributed by atoms with Gasteiger partial charge in [-0.2, -0.15) is 0 Å². The van der Waals surface area contributed by atoms with E-state index in [1.807, 2.05) is 13.8 Å². The van der Waals surface area contributed by atoms with Crippen LogP contribution in [0.3, 0.4) is 0 Å². The number of rotatable bonds is 7. The molecule has 0 amide bonds. The number of oxime groups is 1. The van der Waals surface area contributed by atoms with Gasteiger partial charge in [0.05, 0.1) is 22.7 Å². The Bertz CT molecular complexity index is 543. The van der Waals surface area contributed by atoms with E-state index in [4.69, 9.17) is 20.4 Å². The van der Waals surface area contributed by atoms with Gasteiger partial charge in [0.2, 0.25) is 0 Å². The van der Waals surface area contributed by atoms with Crippen molar-refractivity contribution in [1.29, 1.82) is 0 Å². The Balaban J connectivity index is 2.94. The van der Waals surface area contributed by atoms with E-state index in [2.05, 4.69) is 5.16 Å². The molecule has 8 heteroatoms. The van der Waals surface area contributed by atoms with E-state index < -0.39 is 4.92 Å². The average molecular weight is 297 g/mol. The molecule has 0 heterocycles. The van der Waals surface area contributed by atoms with Crippen LogP contribution in [0.2, 0.25) is 0 Å². The maximum atomic E-state index is 10.8. The molecular weight excluding hydrogens is 278 g/mol. The summed E-state index contributed by atoms with van der Waals surface area (Å²) >= 11 is 0. The largest absolute Gasteiger partial charge is 0.493 e. The first-order valence-electron chi connectivity index (χ1n) is 6.25. The quantitative estimate of drug-likeness (QED) is 0.260. The van der Waals surface area contributed by atoms with Gasteiger partial charge in [-0.05, 0) is 19.9 Å². The molecule has 1 aromatic carbocycles. The van der Waals surface area contributed by atoms with Gasteiger partial charge in [-0.15, -0.1) is 0 Å². The van der Waals surface area contributed by atoms with Crippen molar-refractivity contribution >= 4 is 11.5 Å². The topological polar surface area (TPSA) is 120 Å². The monoisotopic (exact) mass is 297 g/mol. The highest BCUT2D eigenvalue weighted by molar-refractivity contribution is 6.00. The van der Waals surface area contributed by atoms with Crippen LogP contribution in [0.4, 0.5) is 5.69 Å². The van der Waals surface area contributed by atoms with Gasteiger partial charge in [0.1, 0.15) is 5.75 Å². The van der Waals surface area contributed by atoms with Crippen molar-refractivity contribution in [2.45, 2.75) is 25.9 Å². The summed E-state index contributed by atoms with van der Waals surface area (Å²) in [5.74, 6) is 0.0579. The molecule has 1 aromatic rings. The number of nitrogens with two attached hydrogens (primary N) is 1. The molecule has 0 aliphatic carbocycles. The first kappa shape index (κ1) is 16.7. The summed E-state index contributed by atoms with van der Waals surface area (Å²) in [7, 11) is 1.60. The summed E-state index contributed by atoms with van der Waals surface area (Å²) < 4.78 is 10.8. The highest BCUT2D eigenvalue weighted by Gasteiger charge is 2.18. The van der Waals surface area contributed by atoms with Crippen LogP contribution in [0.15, 0.2) is 23.4 Å². The zero-order valence-electron chi connectivity index (χ0n) is 12.2. The maximum absolute atomic E-state index is 10.8. The highest BCUT2D eigenvalue weighted by atomic mass is 16.6. The summed E-state index contributed by atoms with van der Waals surface area (Å²) in [6.45, 7) is 4.15. The molecule has 0 aliphatic heterocycles. The third kappa shape index (κ3) is 4.60. The normalized spacial score (nSPS) is 12.2. The third-order valence-corrected chi connectivity index (χ3v) is 3.07. The van der Waals surface area contributed by atoms with Crippen molar-refractivity contribution in [1.82, 2.24) is 0 Å². The second kappa shape index (κ2) is 6.89. The van der Waals surface area contributed by atoms with Crippen molar-refractivity contribution in [3.05, 3.63) is 33.9 Å². The molecule has 0 aromatic heterocycles. The Labute approximate surface area is 122 Å². The average Bonchev–Trinajstić information content (AvgIpc) is 2.46. The highest BCUT2D eigenvalue weighted by Crippen LogP contribution is 2.25. The zero-order valence-corrected chi connectivity index (χ0v) is 12.2. The van der Waals surface area contributed by atoms with Crippen LogP contribution in [-0.2, 0) is 4.74 Å². The van der Waals surface area contributed by atoms with E-state index in [0.29, 0.717) is 18.8 Å². The number of ether oxygens (including phenoxy) is 2. The molecule has 0 atom stereocenters. The van der Waals surface area contributed by atoms with Crippen LogP contribution in [-0.4, -0.2) is 35.3 Å². The second-order valence-electron chi connectivity index (χ2n) is 4.99. The molecule has 1 rings (SSSR count). The van der Waals surface area contributed by atoms with Gasteiger partial charge in [0.15, 0.2) is 5.84 Å². The number of non-ortho nitro benzene ring substituents is 1. The van der Waals surface area contributed by atoms with Crippen molar-refractivity contribution in [2.75, 3.05) is 13.7 Å². The Morgan fingerprint density at radius 3 is 2.71 bits per heavy atom. The zero-order chi connectivity index (χ0) is 16.0. The van der Waals surface area contributed by atoms with Gasteiger partial charge in [-0.3, -0.25) is 10.1 Å². The van der Waals surface area contributed by atoms with E-state index in [-0.39, 0.29) is 22.7 Å². The fraction of sp³-hybridized carbons (Fsp3) is 0.462. The molecule has 3 N–H and O–H groups in total. The molecule has 8 nitrogen and oxygen atoms in total. The molecule has 0 spiro atoms. The van der Waals surface area contributed by atoms with E-state index >= 15 is 0 Å². The lowest BCUT2D eigenvalue weighted by Crippen LogP contribution is -2.25. The Morgan fingerprint density at radius 1 is 1.52 bits per heavy atom. The standard InChI is InChI=1S/C13H19N3O5/c1-13(2,20-3)6-7-21-11-5-4-9(16(18)19)8-10(11)12(14)15-17/h4-5,8,17H,6-7H2,1-3H3,(H2,14,15). The molecular formula is C13H19N3O5. The van der Waals surface area contributed by atoms with Crippen LogP contribution >= 0.6 is 0 Å². The number of hydrogen-bond acceptors (Lipinski definition) is 6. The smallest absolute Gasteiger partial charge is 0.270 e. The predicted octanol–water partition coefficient (Wildman–Crippen LogP) is 1.88. The van der Waals surface area contributed by atoms with Crippen LogP contribution in [0.5, 0.6) is 5.75 Å². The molecule has 21 heavy (non-hydrogen) atoms. The van der Waals surface area contributed by atoms with Crippen molar-refractivity contribution in [3.63, 3.8) is 0 Å². The molecule has 116 valence electrons. The van der Waals surface area contributed by atoms with Crippen molar-refractivity contribution in [3.8, 4) is 5.75 Å². The van der Waals surface area contributed by atoms with Crippen molar-refractivity contribution in [2.24, 2.45) is 10.9 Å². The van der Waals surface area contributed by atoms with Crippen LogP contribution < -0.4 is 10.5 Å². The summed E-state index contributed by atoms with van der Waals surface area (Å²) in [6.07, 6.45) is 0.607. The minimum Gasteiger partial charge on any atom is -0.493 e. The van der Waals surface area contributed by atoms with Gasteiger partial charge < -0.3 is 20.4 Å². The van der Waals surface area contributed by atoms with Crippen molar-refractivity contribution < 1.29 is 19.6 Å². The molecule has 0 aliphatic rings. The fourth-order valence-corrected chi connectivity index (χ4v) is 1.52. The third-order valence-electron chi connectivity index (χ3n) is 3.07. The molecule has 0 unspecified atom stereocenters. The second-order valence-corrected chi connectivity index (χ2v) is 4.99. The predicted molar refractivity (Wildman–Crippen MR) is 76.8 cm³/mol. The molecule has 0 saturated carbocycles. The van der Waals surface area contributed by atoms with E-state index in [0.717, 1.165) is 0 Å². The lowest BCUT2D eigenvalue weighted by molar-refractivity contribution is -0.384.